The lowest BCUT2D eigenvalue weighted by molar-refractivity contribution is -0.133. The van der Waals surface area contributed by atoms with E-state index in [0.717, 1.165) is 5.56 Å². The second-order valence-electron chi connectivity index (χ2n) is 4.67. The van der Waals surface area contributed by atoms with Crippen molar-refractivity contribution in [3.8, 4) is 0 Å². The maximum atomic E-state index is 12.2. The molecule has 0 aromatic heterocycles. The van der Waals surface area contributed by atoms with E-state index in [2.05, 4.69) is 13.0 Å². The van der Waals surface area contributed by atoms with E-state index >= 15 is 0 Å². The summed E-state index contributed by atoms with van der Waals surface area (Å²) in [6, 6.07) is 7.61. The van der Waals surface area contributed by atoms with Gasteiger partial charge in [-0.15, -0.1) is 0 Å². The number of hydrogen-bond acceptors (Lipinski definition) is 3. The third kappa shape index (κ3) is 4.65. The number of aryl methyl sites for hydroxylation is 1. The Kier molecular flexibility index (Phi) is 6.53. The van der Waals surface area contributed by atoms with E-state index < -0.39 is 6.04 Å². The molecule has 0 saturated carbocycles. The summed E-state index contributed by atoms with van der Waals surface area (Å²) in [6.07, 6.45) is 0.555. The number of nitrogens with zero attached hydrogens (tertiary/aromatic N) is 1. The Bertz CT molecular complexity index is 407. The van der Waals surface area contributed by atoms with Crippen LogP contribution in [0.1, 0.15) is 24.5 Å². The van der Waals surface area contributed by atoms with Gasteiger partial charge in [-0.25, -0.2) is 0 Å². The fraction of sp³-hybridized carbons (Fsp3) is 0.533. The molecule has 1 rings (SSSR count). The van der Waals surface area contributed by atoms with E-state index in [9.17, 15) is 4.79 Å². The summed E-state index contributed by atoms with van der Waals surface area (Å²) in [7, 11) is 1.61. The summed E-state index contributed by atoms with van der Waals surface area (Å²) in [5.74, 6) is -0.0113. The minimum absolute atomic E-state index is 0.0113. The van der Waals surface area contributed by atoms with Gasteiger partial charge in [0.05, 0.1) is 6.04 Å². The number of methoxy groups -OCH3 is 1. The first kappa shape index (κ1) is 15.7. The summed E-state index contributed by atoms with van der Waals surface area (Å²) in [5.41, 5.74) is 8.26. The molecule has 1 aromatic rings. The van der Waals surface area contributed by atoms with Gasteiger partial charge in [-0.05, 0) is 31.4 Å². The Morgan fingerprint density at radius 3 is 2.68 bits per heavy atom. The van der Waals surface area contributed by atoms with Crippen molar-refractivity contribution in [1.29, 1.82) is 0 Å². The highest BCUT2D eigenvalue weighted by atomic mass is 16.5. The second-order valence-corrected chi connectivity index (χ2v) is 4.67. The molecule has 4 nitrogen and oxygen atoms in total. The van der Waals surface area contributed by atoms with Gasteiger partial charge in [0.15, 0.2) is 0 Å². The highest BCUT2D eigenvalue weighted by Gasteiger charge is 2.20. The largest absolute Gasteiger partial charge is 0.385 e. The smallest absolute Gasteiger partial charge is 0.239 e. The molecule has 0 bridgehead atoms. The molecule has 0 aliphatic carbocycles. The summed E-state index contributed by atoms with van der Waals surface area (Å²) >= 11 is 0. The zero-order chi connectivity index (χ0) is 14.3. The molecule has 106 valence electrons. The van der Waals surface area contributed by atoms with Crippen LogP contribution in [0.5, 0.6) is 0 Å². The van der Waals surface area contributed by atoms with Gasteiger partial charge in [0.25, 0.3) is 0 Å². The molecule has 0 aliphatic rings. The maximum absolute atomic E-state index is 12.2. The molecule has 0 aliphatic heterocycles. The van der Waals surface area contributed by atoms with Crippen LogP contribution in [0.4, 0.5) is 0 Å². The van der Waals surface area contributed by atoms with Crippen LogP contribution in [0.25, 0.3) is 0 Å². The van der Waals surface area contributed by atoms with Gasteiger partial charge in [-0.3, -0.25) is 4.79 Å². The Morgan fingerprint density at radius 2 is 2.11 bits per heavy atom. The second kappa shape index (κ2) is 7.92. The Labute approximate surface area is 115 Å². The molecular formula is C15H24N2O2. The lowest BCUT2D eigenvalue weighted by Gasteiger charge is -2.25. The molecule has 1 aromatic carbocycles. The van der Waals surface area contributed by atoms with Gasteiger partial charge >= 0.3 is 0 Å². The lowest BCUT2D eigenvalue weighted by Crippen LogP contribution is -2.43. The minimum atomic E-state index is -0.482. The first-order valence-corrected chi connectivity index (χ1v) is 6.68. The first-order valence-electron chi connectivity index (χ1n) is 6.68. The zero-order valence-electron chi connectivity index (χ0n) is 12.1. The molecule has 0 radical (unpaired) electrons. The van der Waals surface area contributed by atoms with Crippen molar-refractivity contribution in [3.05, 3.63) is 35.4 Å². The van der Waals surface area contributed by atoms with E-state index in [4.69, 9.17) is 10.5 Å². The Hall–Kier alpha value is -1.39. The Morgan fingerprint density at radius 1 is 1.42 bits per heavy atom. The van der Waals surface area contributed by atoms with Crippen molar-refractivity contribution in [3.63, 3.8) is 0 Å². The molecule has 0 heterocycles. The van der Waals surface area contributed by atoms with Crippen molar-refractivity contribution < 1.29 is 9.53 Å². The average Bonchev–Trinajstić information content (AvgIpc) is 2.43. The number of rotatable bonds is 7. The number of hydrogen-bond donors (Lipinski definition) is 1. The molecule has 1 atom stereocenters. The quantitative estimate of drug-likeness (QED) is 0.815. The number of benzene rings is 1. The van der Waals surface area contributed by atoms with E-state index in [1.807, 2.05) is 25.1 Å². The van der Waals surface area contributed by atoms with E-state index in [0.29, 0.717) is 26.1 Å². The van der Waals surface area contributed by atoms with Crippen molar-refractivity contribution in [1.82, 2.24) is 4.90 Å². The summed E-state index contributed by atoms with van der Waals surface area (Å²) < 4.78 is 4.96. The van der Waals surface area contributed by atoms with Crippen LogP contribution in [0, 0.1) is 6.92 Å². The molecule has 0 fully saturated rings. The number of likely N-dealkylation sites (N-methyl/N-ethyl adjacent to an activating group) is 1. The minimum Gasteiger partial charge on any atom is -0.385 e. The van der Waals surface area contributed by atoms with Crippen molar-refractivity contribution in [2.45, 2.75) is 32.9 Å². The van der Waals surface area contributed by atoms with Gasteiger partial charge in [-0.2, -0.15) is 0 Å². The number of carbonyl (C=O) groups excluding carboxylic acids is 1. The van der Waals surface area contributed by atoms with Gasteiger partial charge < -0.3 is 15.4 Å². The number of ether oxygens (including phenoxy) is 1. The van der Waals surface area contributed by atoms with Crippen molar-refractivity contribution in [2.75, 3.05) is 20.3 Å². The summed E-state index contributed by atoms with van der Waals surface area (Å²) in [5, 5.41) is 0. The number of nitrogens with two attached hydrogens (primary N) is 1. The summed E-state index contributed by atoms with van der Waals surface area (Å²) in [4.78, 5) is 14.0. The maximum Gasteiger partial charge on any atom is 0.239 e. The number of carbonyl (C=O) groups is 1. The van der Waals surface area contributed by atoms with Gasteiger partial charge in [0, 0.05) is 26.8 Å². The monoisotopic (exact) mass is 264 g/mol. The third-order valence-electron chi connectivity index (χ3n) is 3.27. The zero-order valence-corrected chi connectivity index (χ0v) is 12.1. The van der Waals surface area contributed by atoms with Crippen LogP contribution < -0.4 is 5.73 Å². The topological polar surface area (TPSA) is 55.6 Å². The van der Waals surface area contributed by atoms with Gasteiger partial charge in [-0.1, -0.05) is 24.3 Å². The lowest BCUT2D eigenvalue weighted by atomic mass is 10.1. The van der Waals surface area contributed by atoms with Crippen molar-refractivity contribution >= 4 is 5.91 Å². The molecule has 0 saturated heterocycles. The average molecular weight is 264 g/mol. The molecule has 0 spiro atoms. The van der Waals surface area contributed by atoms with Gasteiger partial charge in [0.1, 0.15) is 0 Å². The number of amides is 1. The summed E-state index contributed by atoms with van der Waals surface area (Å²) in [6.45, 7) is 5.81. The molecule has 19 heavy (non-hydrogen) atoms. The van der Waals surface area contributed by atoms with E-state index in [1.165, 1.54) is 5.56 Å². The molecular weight excluding hydrogens is 240 g/mol. The highest BCUT2D eigenvalue weighted by Crippen LogP contribution is 2.11. The normalized spacial score (nSPS) is 12.2. The van der Waals surface area contributed by atoms with Crippen LogP contribution in [0.2, 0.25) is 0 Å². The van der Waals surface area contributed by atoms with E-state index in [1.54, 1.807) is 12.0 Å². The molecule has 2 N–H and O–H groups in total. The predicted octanol–water partition coefficient (Wildman–Crippen LogP) is 1.71. The van der Waals surface area contributed by atoms with Crippen LogP contribution >= 0.6 is 0 Å². The molecule has 1 amide bonds. The fourth-order valence-corrected chi connectivity index (χ4v) is 1.94. The van der Waals surface area contributed by atoms with Crippen molar-refractivity contribution in [2.24, 2.45) is 5.73 Å². The molecule has 1 unspecified atom stereocenters. The highest BCUT2D eigenvalue weighted by molar-refractivity contribution is 5.81. The van der Waals surface area contributed by atoms with Gasteiger partial charge in [0.2, 0.25) is 5.91 Å². The van der Waals surface area contributed by atoms with Crippen LogP contribution in [-0.2, 0) is 16.1 Å². The van der Waals surface area contributed by atoms with Crippen LogP contribution in [0.3, 0.4) is 0 Å². The first-order chi connectivity index (χ1) is 9.10. The third-order valence-corrected chi connectivity index (χ3v) is 3.27. The predicted molar refractivity (Wildman–Crippen MR) is 76.7 cm³/mol. The SMILES string of the molecule is CCN(Cc1ccccc1C)C(=O)C(N)CCOC. The Balaban J connectivity index is 2.67. The van der Waals surface area contributed by atoms with E-state index in [-0.39, 0.29) is 5.91 Å². The standard InChI is InChI=1S/C15H24N2O2/c1-4-17(15(18)14(16)9-10-19-3)11-13-8-6-5-7-12(13)2/h5-8,14H,4,9-11,16H2,1-3H3. The fourth-order valence-electron chi connectivity index (χ4n) is 1.94. The molecule has 4 heteroatoms. The van der Waals surface area contributed by atoms with Crippen LogP contribution in [0.15, 0.2) is 24.3 Å². The van der Waals surface area contributed by atoms with Crippen LogP contribution in [-0.4, -0.2) is 37.1 Å².